The lowest BCUT2D eigenvalue weighted by Crippen LogP contribution is -2.02. The Bertz CT molecular complexity index is 1040. The van der Waals surface area contributed by atoms with Crippen molar-refractivity contribution < 1.29 is 4.52 Å². The molecule has 0 saturated heterocycles. The van der Waals surface area contributed by atoms with Gasteiger partial charge in [0.2, 0.25) is 5.82 Å². The van der Waals surface area contributed by atoms with E-state index in [9.17, 15) is 0 Å². The van der Waals surface area contributed by atoms with Crippen molar-refractivity contribution in [1.29, 1.82) is 0 Å². The van der Waals surface area contributed by atoms with Crippen LogP contribution in [0.1, 0.15) is 0 Å². The van der Waals surface area contributed by atoms with Crippen molar-refractivity contribution in [2.24, 2.45) is 0 Å². The molecule has 2 heterocycles. The molecule has 9 heteroatoms. The third-order valence-corrected chi connectivity index (χ3v) is 4.38. The minimum Gasteiger partial charge on any atom is -0.382 e. The third-order valence-electron chi connectivity index (χ3n) is 3.52. The number of aromatic nitrogens is 5. The van der Waals surface area contributed by atoms with Gasteiger partial charge in [0.25, 0.3) is 5.89 Å². The van der Waals surface area contributed by atoms with E-state index in [2.05, 4.69) is 36.4 Å². The molecule has 25 heavy (non-hydrogen) atoms. The second-order valence-corrected chi connectivity index (χ2v) is 6.44. The van der Waals surface area contributed by atoms with Crippen LogP contribution in [0.15, 0.2) is 57.5 Å². The van der Waals surface area contributed by atoms with Crippen LogP contribution in [0.4, 0.5) is 5.82 Å². The second kappa shape index (κ2) is 6.30. The average molecular weight is 418 g/mol. The van der Waals surface area contributed by atoms with Gasteiger partial charge < -0.3 is 10.3 Å². The van der Waals surface area contributed by atoms with E-state index in [1.165, 1.54) is 4.68 Å². The Morgan fingerprint density at radius 2 is 1.84 bits per heavy atom. The Balaban J connectivity index is 1.72. The van der Waals surface area contributed by atoms with Crippen molar-refractivity contribution in [1.82, 2.24) is 25.1 Å². The molecular weight excluding hydrogens is 408 g/mol. The maximum Gasteiger partial charge on any atom is 0.282 e. The highest BCUT2D eigenvalue weighted by molar-refractivity contribution is 9.10. The molecule has 0 aliphatic heterocycles. The maximum atomic E-state index is 6.16. The van der Waals surface area contributed by atoms with Crippen LogP contribution >= 0.6 is 27.5 Å². The summed E-state index contributed by atoms with van der Waals surface area (Å²) in [5, 5.41) is 12.6. The summed E-state index contributed by atoms with van der Waals surface area (Å²) in [5.41, 5.74) is 7.90. The molecule has 0 spiro atoms. The number of rotatable bonds is 3. The lowest BCUT2D eigenvalue weighted by atomic mass is 10.2. The molecule has 2 aromatic carbocycles. The Labute approximate surface area is 155 Å². The van der Waals surface area contributed by atoms with Crippen molar-refractivity contribution in [2.75, 3.05) is 5.73 Å². The molecule has 2 N–H and O–H groups in total. The second-order valence-electron chi connectivity index (χ2n) is 5.11. The summed E-state index contributed by atoms with van der Waals surface area (Å²) < 4.78 is 7.74. The van der Waals surface area contributed by atoms with Crippen LogP contribution in [0, 0.1) is 0 Å². The quantitative estimate of drug-likeness (QED) is 0.541. The van der Waals surface area contributed by atoms with Gasteiger partial charge in [0, 0.05) is 10.0 Å². The Kier molecular flexibility index (Phi) is 3.98. The fourth-order valence-corrected chi connectivity index (χ4v) is 2.77. The normalized spacial score (nSPS) is 11.0. The highest BCUT2D eigenvalue weighted by Crippen LogP contribution is 2.29. The zero-order valence-corrected chi connectivity index (χ0v) is 14.9. The fraction of sp³-hybridized carbons (Fsp3) is 0. The summed E-state index contributed by atoms with van der Waals surface area (Å²) in [5.74, 6) is 0.839. The van der Waals surface area contributed by atoms with E-state index < -0.39 is 0 Å². The minimum atomic E-state index is 0.177. The highest BCUT2D eigenvalue weighted by Gasteiger charge is 2.20. The Morgan fingerprint density at radius 1 is 1.08 bits per heavy atom. The lowest BCUT2D eigenvalue weighted by molar-refractivity contribution is 0.431. The van der Waals surface area contributed by atoms with E-state index in [4.69, 9.17) is 21.9 Å². The molecule has 0 atom stereocenters. The first-order valence-electron chi connectivity index (χ1n) is 7.19. The zero-order valence-electron chi connectivity index (χ0n) is 12.6. The molecule has 0 unspecified atom stereocenters. The first-order chi connectivity index (χ1) is 12.1. The average Bonchev–Trinajstić information content (AvgIpc) is 3.23. The molecule has 124 valence electrons. The molecule has 0 bridgehead atoms. The predicted octanol–water partition coefficient (Wildman–Crippen LogP) is 3.98. The number of halogens is 2. The van der Waals surface area contributed by atoms with Gasteiger partial charge in [-0.3, -0.25) is 0 Å². The number of benzene rings is 2. The van der Waals surface area contributed by atoms with Crippen LogP contribution in [0.25, 0.3) is 28.7 Å². The largest absolute Gasteiger partial charge is 0.382 e. The molecule has 4 rings (SSSR count). The molecule has 4 aromatic rings. The Hall–Kier alpha value is -2.71. The van der Waals surface area contributed by atoms with E-state index in [1.807, 2.05) is 36.4 Å². The lowest BCUT2D eigenvalue weighted by Gasteiger charge is -2.02. The molecular formula is C16H10BrClN6O. The van der Waals surface area contributed by atoms with Crippen molar-refractivity contribution >= 4 is 33.3 Å². The topological polar surface area (TPSA) is 95.7 Å². The monoisotopic (exact) mass is 416 g/mol. The summed E-state index contributed by atoms with van der Waals surface area (Å²) in [4.78, 5) is 4.33. The van der Waals surface area contributed by atoms with Crippen molar-refractivity contribution in [3.63, 3.8) is 0 Å². The van der Waals surface area contributed by atoms with Crippen LogP contribution in [-0.2, 0) is 0 Å². The first-order valence-corrected chi connectivity index (χ1v) is 8.36. The van der Waals surface area contributed by atoms with E-state index in [1.54, 1.807) is 12.1 Å². The molecule has 0 aliphatic carbocycles. The summed E-state index contributed by atoms with van der Waals surface area (Å²) in [7, 11) is 0. The maximum absolute atomic E-state index is 6.16. The van der Waals surface area contributed by atoms with Gasteiger partial charge in [-0.1, -0.05) is 50.0 Å². The molecule has 0 aliphatic rings. The minimum absolute atomic E-state index is 0.177. The summed E-state index contributed by atoms with van der Waals surface area (Å²) in [6, 6.07) is 14.7. The van der Waals surface area contributed by atoms with E-state index in [0.717, 1.165) is 10.2 Å². The van der Waals surface area contributed by atoms with Crippen molar-refractivity contribution in [2.45, 2.75) is 0 Å². The molecule has 0 radical (unpaired) electrons. The smallest absolute Gasteiger partial charge is 0.282 e. The van der Waals surface area contributed by atoms with Crippen LogP contribution in [-0.4, -0.2) is 25.1 Å². The fourth-order valence-electron chi connectivity index (χ4n) is 2.29. The first kappa shape index (κ1) is 15.8. The van der Waals surface area contributed by atoms with Crippen molar-refractivity contribution in [3.05, 3.63) is 58.0 Å². The zero-order chi connectivity index (χ0) is 17.4. The Morgan fingerprint density at radius 3 is 2.60 bits per heavy atom. The van der Waals surface area contributed by atoms with Crippen molar-refractivity contribution in [3.8, 4) is 28.7 Å². The van der Waals surface area contributed by atoms with E-state index >= 15 is 0 Å². The summed E-state index contributed by atoms with van der Waals surface area (Å²) in [6.45, 7) is 0. The number of nitrogen functional groups attached to an aromatic ring is 1. The van der Waals surface area contributed by atoms with Crippen LogP contribution in [0.5, 0.6) is 0 Å². The van der Waals surface area contributed by atoms with E-state index in [-0.39, 0.29) is 5.89 Å². The van der Waals surface area contributed by atoms with Crippen LogP contribution in [0.2, 0.25) is 5.02 Å². The number of anilines is 1. The van der Waals surface area contributed by atoms with Gasteiger partial charge in [0.15, 0.2) is 11.5 Å². The highest BCUT2D eigenvalue weighted by atomic mass is 79.9. The standard InChI is InChI=1S/C16H10BrClN6O/c17-9-5-7-10(8-6-9)24-14(19)13(21-23-24)16-20-15(22-25-16)11-3-1-2-4-12(11)18/h1-8H,19H2. The van der Waals surface area contributed by atoms with Gasteiger partial charge in [-0.25, -0.2) is 0 Å². The van der Waals surface area contributed by atoms with Gasteiger partial charge in [-0.2, -0.15) is 9.67 Å². The third kappa shape index (κ3) is 2.90. The molecule has 2 aromatic heterocycles. The van der Waals surface area contributed by atoms with Gasteiger partial charge in [-0.15, -0.1) is 5.10 Å². The molecule has 0 amide bonds. The van der Waals surface area contributed by atoms with Crippen LogP contribution in [0.3, 0.4) is 0 Å². The summed E-state index contributed by atoms with van der Waals surface area (Å²) in [6.07, 6.45) is 0. The molecule has 0 fully saturated rings. The number of hydrogen-bond donors (Lipinski definition) is 1. The van der Waals surface area contributed by atoms with Gasteiger partial charge in [0.05, 0.1) is 10.7 Å². The number of nitrogens with two attached hydrogens (primary N) is 1. The SMILES string of the molecule is Nc1c(-c2nc(-c3ccccc3Cl)no2)nnn1-c1ccc(Br)cc1. The predicted molar refractivity (Wildman–Crippen MR) is 97.2 cm³/mol. The van der Waals surface area contributed by atoms with E-state index in [0.29, 0.717) is 27.9 Å². The number of nitrogens with zero attached hydrogens (tertiary/aromatic N) is 5. The molecule has 7 nitrogen and oxygen atoms in total. The number of hydrogen-bond acceptors (Lipinski definition) is 6. The van der Waals surface area contributed by atoms with Gasteiger partial charge >= 0.3 is 0 Å². The van der Waals surface area contributed by atoms with Crippen LogP contribution < -0.4 is 5.73 Å². The van der Waals surface area contributed by atoms with Gasteiger partial charge in [-0.05, 0) is 36.4 Å². The molecule has 0 saturated carbocycles. The van der Waals surface area contributed by atoms with Gasteiger partial charge in [0.1, 0.15) is 0 Å². The summed E-state index contributed by atoms with van der Waals surface area (Å²) >= 11 is 9.55.